The number of thiophene rings is 1. The van der Waals surface area contributed by atoms with Crippen molar-refractivity contribution in [2.75, 3.05) is 0 Å². The van der Waals surface area contributed by atoms with Crippen LogP contribution in [0.2, 0.25) is 0 Å². The van der Waals surface area contributed by atoms with Gasteiger partial charge in [-0.3, -0.25) is 0 Å². The zero-order valence-electron chi connectivity index (χ0n) is 17.9. The maximum absolute atomic E-state index is 13.5. The summed E-state index contributed by atoms with van der Waals surface area (Å²) >= 11 is 1.42. The average molecular weight is 405 g/mol. The van der Waals surface area contributed by atoms with Gasteiger partial charge in [0, 0.05) is 11.4 Å². The van der Waals surface area contributed by atoms with Gasteiger partial charge in [-0.15, -0.1) is 11.3 Å². The largest absolute Gasteiger partial charge is 0.481 e. The van der Waals surface area contributed by atoms with E-state index in [1.165, 1.54) is 75.5 Å². The summed E-state index contributed by atoms with van der Waals surface area (Å²) in [6.45, 7) is 7.57. The molecular formula is C25H37FOS. The molecule has 0 amide bonds. The van der Waals surface area contributed by atoms with E-state index in [0.29, 0.717) is 16.7 Å². The first-order chi connectivity index (χ1) is 13.4. The second-order valence-corrected chi connectivity index (χ2v) is 12.0. The van der Waals surface area contributed by atoms with Crippen LogP contribution in [0.3, 0.4) is 0 Å². The molecule has 0 bridgehead atoms. The van der Waals surface area contributed by atoms with Gasteiger partial charge in [0.1, 0.15) is 11.9 Å². The summed E-state index contributed by atoms with van der Waals surface area (Å²) in [5.74, 6) is 4.17. The fourth-order valence-electron chi connectivity index (χ4n) is 8.55. The van der Waals surface area contributed by atoms with Crippen molar-refractivity contribution in [3.8, 4) is 5.06 Å². The van der Waals surface area contributed by atoms with Gasteiger partial charge in [-0.05, 0) is 91.8 Å². The second kappa shape index (κ2) is 7.00. The lowest BCUT2D eigenvalue weighted by atomic mass is 9.44. The smallest absolute Gasteiger partial charge is 0.177 e. The Morgan fingerprint density at radius 2 is 1.96 bits per heavy atom. The predicted octanol–water partition coefficient (Wildman–Crippen LogP) is 7.70. The van der Waals surface area contributed by atoms with Gasteiger partial charge in [0.25, 0.3) is 0 Å². The van der Waals surface area contributed by atoms with Crippen molar-refractivity contribution in [3.05, 3.63) is 17.3 Å². The minimum absolute atomic E-state index is 0.155. The van der Waals surface area contributed by atoms with Gasteiger partial charge < -0.3 is 4.74 Å². The van der Waals surface area contributed by atoms with Crippen molar-refractivity contribution in [1.29, 1.82) is 0 Å². The average Bonchev–Trinajstić information content (AvgIpc) is 3.25. The lowest BCUT2D eigenvalue weighted by molar-refractivity contribution is -0.118. The van der Waals surface area contributed by atoms with E-state index >= 15 is 0 Å². The molecule has 156 valence electrons. The molecule has 0 N–H and O–H groups in total. The molecule has 1 aromatic heterocycles. The van der Waals surface area contributed by atoms with Crippen LogP contribution in [0.25, 0.3) is 0 Å². The summed E-state index contributed by atoms with van der Waals surface area (Å²) in [4.78, 5) is 0. The Labute approximate surface area is 174 Å². The minimum Gasteiger partial charge on any atom is -0.481 e. The summed E-state index contributed by atoms with van der Waals surface area (Å²) in [5.41, 5.74) is 1.04. The molecule has 4 aliphatic carbocycles. The minimum atomic E-state index is -0.155. The summed E-state index contributed by atoms with van der Waals surface area (Å²) in [7, 11) is 0. The van der Waals surface area contributed by atoms with Crippen molar-refractivity contribution < 1.29 is 9.13 Å². The summed E-state index contributed by atoms with van der Waals surface area (Å²) < 4.78 is 19.8. The Bertz CT molecular complexity index is 713. The molecule has 0 spiro atoms. The molecule has 0 aromatic carbocycles. The first kappa shape index (κ1) is 19.4. The first-order valence-corrected chi connectivity index (χ1v) is 12.7. The number of fused-ring (bicyclic) bond motifs is 5. The molecule has 1 aromatic rings. The van der Waals surface area contributed by atoms with E-state index < -0.39 is 0 Å². The molecule has 7 atom stereocenters. The molecule has 4 saturated carbocycles. The predicted molar refractivity (Wildman–Crippen MR) is 114 cm³/mol. The lowest BCUT2D eigenvalue weighted by Gasteiger charge is -2.61. The molecule has 0 saturated heterocycles. The van der Waals surface area contributed by atoms with Crippen molar-refractivity contribution in [3.63, 3.8) is 0 Å². The lowest BCUT2D eigenvalue weighted by Crippen LogP contribution is -2.53. The zero-order valence-corrected chi connectivity index (χ0v) is 18.7. The Morgan fingerprint density at radius 3 is 2.71 bits per heavy atom. The van der Waals surface area contributed by atoms with Crippen molar-refractivity contribution in [2.45, 2.75) is 91.1 Å². The summed E-state index contributed by atoms with van der Waals surface area (Å²) in [6.07, 6.45) is 14.2. The highest BCUT2D eigenvalue weighted by atomic mass is 32.1. The van der Waals surface area contributed by atoms with Crippen molar-refractivity contribution >= 4 is 11.3 Å². The normalized spacial score (nSPS) is 45.4. The van der Waals surface area contributed by atoms with Crippen molar-refractivity contribution in [2.24, 2.45) is 40.4 Å². The van der Waals surface area contributed by atoms with E-state index in [4.69, 9.17) is 4.74 Å². The van der Waals surface area contributed by atoms with Crippen LogP contribution in [0.4, 0.5) is 4.39 Å². The van der Waals surface area contributed by atoms with Gasteiger partial charge in [-0.25, -0.2) is 4.39 Å². The molecule has 4 fully saturated rings. The SMILES string of the molecule is CC(C)[C@]12CC[C@H]3[C@@H](CC[C@H]4CCCC[C@@]43C)[C@@H]1C[C@H](Oc1cc(F)cs1)C2. The van der Waals surface area contributed by atoms with E-state index in [0.717, 1.165) is 28.7 Å². The van der Waals surface area contributed by atoms with Crippen molar-refractivity contribution in [1.82, 2.24) is 0 Å². The Kier molecular flexibility index (Phi) is 4.85. The maximum atomic E-state index is 13.5. The van der Waals surface area contributed by atoms with E-state index in [1.54, 1.807) is 11.4 Å². The Hall–Kier alpha value is -0.570. The summed E-state index contributed by atoms with van der Waals surface area (Å²) in [5, 5.41) is 2.34. The number of hydrogen-bond donors (Lipinski definition) is 0. The molecule has 3 heteroatoms. The third kappa shape index (κ3) is 2.89. The van der Waals surface area contributed by atoms with Crippen LogP contribution in [0.1, 0.15) is 85.0 Å². The van der Waals surface area contributed by atoms with Crippen LogP contribution < -0.4 is 4.74 Å². The van der Waals surface area contributed by atoms with Gasteiger partial charge >= 0.3 is 0 Å². The van der Waals surface area contributed by atoms with Crippen LogP contribution in [0.5, 0.6) is 5.06 Å². The monoisotopic (exact) mass is 404 g/mol. The highest BCUT2D eigenvalue weighted by Crippen LogP contribution is 2.68. The van der Waals surface area contributed by atoms with Crippen LogP contribution in [0.15, 0.2) is 11.4 Å². The number of hydrogen-bond acceptors (Lipinski definition) is 2. The topological polar surface area (TPSA) is 9.23 Å². The number of rotatable bonds is 3. The first-order valence-electron chi connectivity index (χ1n) is 11.8. The highest BCUT2D eigenvalue weighted by Gasteiger charge is 2.61. The zero-order chi connectivity index (χ0) is 19.5. The van der Waals surface area contributed by atoms with Gasteiger partial charge in [0.2, 0.25) is 0 Å². The quantitative estimate of drug-likeness (QED) is 0.501. The third-order valence-corrected chi connectivity index (χ3v) is 10.7. The maximum Gasteiger partial charge on any atom is 0.177 e. The van der Waals surface area contributed by atoms with Gasteiger partial charge in [-0.1, -0.05) is 33.6 Å². The highest BCUT2D eigenvalue weighted by molar-refractivity contribution is 7.11. The Balaban J connectivity index is 1.41. The van der Waals surface area contributed by atoms with E-state index in [2.05, 4.69) is 20.8 Å². The molecule has 1 nitrogen and oxygen atoms in total. The van der Waals surface area contributed by atoms with Crippen LogP contribution in [-0.2, 0) is 0 Å². The molecule has 1 heterocycles. The number of halogens is 1. The Morgan fingerprint density at radius 1 is 1.11 bits per heavy atom. The molecule has 28 heavy (non-hydrogen) atoms. The molecule has 0 aliphatic heterocycles. The van der Waals surface area contributed by atoms with E-state index in [1.807, 2.05) is 0 Å². The standard InChI is InChI=1S/C25H37FOS/c1-16(2)25-11-9-21-20(8-7-17-6-4-5-10-24(17,21)3)22(25)13-19(14-25)27-23-12-18(26)15-28-23/h12,15-17,19-22H,4-11,13-14H2,1-3H3/t17-,19+,20-,21+,22+,24+,25-/m1/s1. The fraction of sp³-hybridized carbons (Fsp3) is 0.840. The molecule has 0 radical (unpaired) electrons. The molecule has 0 unspecified atom stereocenters. The second-order valence-electron chi connectivity index (χ2n) is 11.1. The molecule has 4 aliphatic rings. The van der Waals surface area contributed by atoms with Gasteiger partial charge in [0.15, 0.2) is 5.06 Å². The van der Waals surface area contributed by atoms with E-state index in [-0.39, 0.29) is 11.9 Å². The number of ether oxygens (including phenoxy) is 1. The third-order valence-electron chi connectivity index (χ3n) is 9.94. The van der Waals surface area contributed by atoms with Gasteiger partial charge in [0.05, 0.1) is 0 Å². The fourth-order valence-corrected chi connectivity index (χ4v) is 9.22. The molecule has 5 rings (SSSR count). The molecular weight excluding hydrogens is 367 g/mol. The van der Waals surface area contributed by atoms with Crippen LogP contribution in [0, 0.1) is 46.2 Å². The van der Waals surface area contributed by atoms with Crippen LogP contribution >= 0.6 is 11.3 Å². The van der Waals surface area contributed by atoms with Crippen LogP contribution in [-0.4, -0.2) is 6.10 Å². The summed E-state index contributed by atoms with van der Waals surface area (Å²) in [6, 6.07) is 1.58. The van der Waals surface area contributed by atoms with Gasteiger partial charge in [-0.2, -0.15) is 0 Å². The van der Waals surface area contributed by atoms with E-state index in [9.17, 15) is 4.39 Å².